The van der Waals surface area contributed by atoms with Crippen molar-refractivity contribution in [3.8, 4) is 0 Å². The first-order valence-corrected chi connectivity index (χ1v) is 13.6. The van der Waals surface area contributed by atoms with E-state index in [9.17, 15) is 30.7 Å². The molecule has 4 aliphatic rings. The predicted octanol–water partition coefficient (Wildman–Crippen LogP) is 7.38. The van der Waals surface area contributed by atoms with E-state index >= 15 is 8.78 Å². The minimum atomic E-state index is -4.42. The van der Waals surface area contributed by atoms with Gasteiger partial charge in [-0.3, -0.25) is 0 Å². The Kier molecular flexibility index (Phi) is 9.34. The molecule has 0 N–H and O–H groups in total. The molecule has 4 rings (SSSR count). The van der Waals surface area contributed by atoms with Crippen molar-refractivity contribution >= 4 is 0 Å². The third kappa shape index (κ3) is 6.38. The van der Waals surface area contributed by atoms with Crippen molar-refractivity contribution < 1.29 is 49.0 Å². The van der Waals surface area contributed by atoms with Crippen LogP contribution in [0.3, 0.4) is 0 Å². The molecular formula is C26H37F9O2. The molecule has 0 aromatic carbocycles. The van der Waals surface area contributed by atoms with Crippen LogP contribution in [-0.4, -0.2) is 68.1 Å². The first kappa shape index (κ1) is 29.3. The van der Waals surface area contributed by atoms with Gasteiger partial charge in [-0.2, -0.15) is 8.78 Å². The Hall–Kier alpha value is -0.710. The van der Waals surface area contributed by atoms with E-state index in [-0.39, 0.29) is 24.9 Å². The van der Waals surface area contributed by atoms with E-state index < -0.39 is 98.9 Å². The lowest BCUT2D eigenvalue weighted by Crippen LogP contribution is -2.53. The van der Waals surface area contributed by atoms with Crippen molar-refractivity contribution in [2.45, 2.75) is 126 Å². The summed E-state index contributed by atoms with van der Waals surface area (Å²) < 4.78 is 141. The van der Waals surface area contributed by atoms with Gasteiger partial charge in [-0.15, -0.1) is 0 Å². The van der Waals surface area contributed by atoms with Gasteiger partial charge in [0.15, 0.2) is 6.17 Å². The molecule has 0 radical (unpaired) electrons. The molecular weight excluding hydrogens is 515 g/mol. The van der Waals surface area contributed by atoms with Crippen molar-refractivity contribution in [3.63, 3.8) is 0 Å². The number of ether oxygens (including phenoxy) is 2. The largest absolute Gasteiger partial charge is 0.378 e. The smallest absolute Gasteiger partial charge is 0.364 e. The molecule has 37 heavy (non-hydrogen) atoms. The SMILES string of the molecule is CCC1CCC(C2CC(F)C(C3CC(F)C(C(F)(F)OC4CC(F)C(F)C(F)C4)C(F)C3)C(F)C2)OC1. The van der Waals surface area contributed by atoms with Gasteiger partial charge in [0, 0.05) is 25.4 Å². The highest BCUT2D eigenvalue weighted by Crippen LogP contribution is 2.50. The summed E-state index contributed by atoms with van der Waals surface area (Å²) in [6.07, 6.45) is -22.5. The normalized spacial score (nSPS) is 50.1. The molecule has 0 aromatic heterocycles. The maximum Gasteiger partial charge on any atom is 0.364 e. The van der Waals surface area contributed by atoms with Crippen LogP contribution < -0.4 is 0 Å². The number of rotatable bonds is 6. The monoisotopic (exact) mass is 552 g/mol. The molecule has 1 saturated heterocycles. The van der Waals surface area contributed by atoms with Crippen LogP contribution in [0.4, 0.5) is 39.5 Å². The number of hydrogen-bond acceptors (Lipinski definition) is 2. The third-order valence-electron chi connectivity index (χ3n) is 9.16. The van der Waals surface area contributed by atoms with Crippen LogP contribution in [0.25, 0.3) is 0 Å². The Morgan fingerprint density at radius 2 is 1.24 bits per heavy atom. The molecule has 3 saturated carbocycles. The lowest BCUT2D eigenvalue weighted by Gasteiger charge is -2.46. The molecule has 11 heteroatoms. The van der Waals surface area contributed by atoms with Gasteiger partial charge >= 0.3 is 6.11 Å². The summed E-state index contributed by atoms with van der Waals surface area (Å²) in [4.78, 5) is 0. The quantitative estimate of drug-likeness (QED) is 0.320. The predicted molar refractivity (Wildman–Crippen MR) is 119 cm³/mol. The zero-order chi connectivity index (χ0) is 27.1. The van der Waals surface area contributed by atoms with Gasteiger partial charge in [0.2, 0.25) is 0 Å². The average Bonchev–Trinajstić information content (AvgIpc) is 2.81. The standard InChI is InChI=1S/C26H37F9O2/c1-2-12-3-4-22(36-11-12)13-5-16(27)23(17(28)6-13)14-7-18(29)24(19(30)8-14)26(34,35)37-15-9-20(31)25(33)21(32)10-15/h12-25H,2-11H2,1H3. The lowest BCUT2D eigenvalue weighted by molar-refractivity contribution is -0.323. The molecule has 0 amide bonds. The van der Waals surface area contributed by atoms with Crippen LogP contribution in [-0.2, 0) is 9.47 Å². The zero-order valence-electron chi connectivity index (χ0n) is 20.9. The number of alkyl halides is 9. The van der Waals surface area contributed by atoms with E-state index in [0.29, 0.717) is 18.9 Å². The molecule has 0 spiro atoms. The molecule has 216 valence electrons. The van der Waals surface area contributed by atoms with E-state index in [4.69, 9.17) is 4.74 Å². The third-order valence-corrected chi connectivity index (χ3v) is 9.16. The summed E-state index contributed by atoms with van der Waals surface area (Å²) in [5, 5.41) is 0. The van der Waals surface area contributed by atoms with Gasteiger partial charge in [0.05, 0.1) is 12.2 Å². The van der Waals surface area contributed by atoms with E-state index in [2.05, 4.69) is 11.7 Å². The maximum absolute atomic E-state index is 15.2. The lowest BCUT2D eigenvalue weighted by atomic mass is 9.65. The minimum Gasteiger partial charge on any atom is -0.378 e. The van der Waals surface area contributed by atoms with Crippen molar-refractivity contribution in [2.75, 3.05) is 6.61 Å². The van der Waals surface area contributed by atoms with Gasteiger partial charge < -0.3 is 9.47 Å². The highest BCUT2D eigenvalue weighted by Gasteiger charge is 2.58. The Labute approximate surface area is 212 Å². The van der Waals surface area contributed by atoms with E-state index in [1.165, 1.54) is 0 Å². The van der Waals surface area contributed by atoms with E-state index in [1.54, 1.807) is 0 Å². The Morgan fingerprint density at radius 3 is 1.73 bits per heavy atom. The Bertz CT molecular complexity index is 701. The molecule has 1 heterocycles. The summed E-state index contributed by atoms with van der Waals surface area (Å²) >= 11 is 0. The van der Waals surface area contributed by atoms with Crippen LogP contribution in [0.15, 0.2) is 0 Å². The van der Waals surface area contributed by atoms with Gasteiger partial charge in [-0.25, -0.2) is 30.7 Å². The second-order valence-corrected chi connectivity index (χ2v) is 11.6. The highest BCUT2D eigenvalue weighted by atomic mass is 19.3. The van der Waals surface area contributed by atoms with Crippen molar-refractivity contribution in [3.05, 3.63) is 0 Å². The minimum absolute atomic E-state index is 0.00824. The van der Waals surface area contributed by atoms with Crippen molar-refractivity contribution in [2.24, 2.45) is 29.6 Å². The second-order valence-electron chi connectivity index (χ2n) is 11.6. The highest BCUT2D eigenvalue weighted by molar-refractivity contribution is 5.00. The molecule has 3 aliphatic carbocycles. The van der Waals surface area contributed by atoms with Crippen LogP contribution in [0.2, 0.25) is 0 Å². The zero-order valence-corrected chi connectivity index (χ0v) is 20.9. The van der Waals surface area contributed by atoms with Crippen LogP contribution >= 0.6 is 0 Å². The number of hydrogen-bond donors (Lipinski definition) is 0. The first-order chi connectivity index (χ1) is 17.4. The fourth-order valence-electron chi connectivity index (χ4n) is 7.04. The van der Waals surface area contributed by atoms with Crippen LogP contribution in [0, 0.1) is 29.6 Å². The maximum atomic E-state index is 15.2. The summed E-state index contributed by atoms with van der Waals surface area (Å²) in [6, 6.07) is 0. The molecule has 8 atom stereocenters. The first-order valence-electron chi connectivity index (χ1n) is 13.6. The summed E-state index contributed by atoms with van der Waals surface area (Å²) in [5.74, 6) is -4.95. The van der Waals surface area contributed by atoms with E-state index in [1.807, 2.05) is 0 Å². The topological polar surface area (TPSA) is 18.5 Å². The van der Waals surface area contributed by atoms with Crippen LogP contribution in [0.5, 0.6) is 0 Å². The van der Waals surface area contributed by atoms with Gasteiger partial charge in [-0.05, 0) is 56.3 Å². The second kappa shape index (κ2) is 11.8. The molecule has 2 nitrogen and oxygen atoms in total. The van der Waals surface area contributed by atoms with Crippen molar-refractivity contribution in [1.29, 1.82) is 0 Å². The molecule has 1 aliphatic heterocycles. The Morgan fingerprint density at radius 1 is 0.703 bits per heavy atom. The van der Waals surface area contributed by atoms with Gasteiger partial charge in [0.1, 0.15) is 42.9 Å². The van der Waals surface area contributed by atoms with Crippen LogP contribution in [0.1, 0.15) is 64.7 Å². The molecule has 8 unspecified atom stereocenters. The summed E-state index contributed by atoms with van der Waals surface area (Å²) in [5.41, 5.74) is 0. The van der Waals surface area contributed by atoms with Gasteiger partial charge in [-0.1, -0.05) is 13.3 Å². The molecule has 0 aromatic rings. The fraction of sp³-hybridized carbons (Fsp3) is 1.00. The summed E-state index contributed by atoms with van der Waals surface area (Å²) in [6.45, 7) is 2.59. The molecule has 0 bridgehead atoms. The summed E-state index contributed by atoms with van der Waals surface area (Å²) in [7, 11) is 0. The van der Waals surface area contributed by atoms with Gasteiger partial charge in [0.25, 0.3) is 0 Å². The fourth-order valence-corrected chi connectivity index (χ4v) is 7.04. The molecule has 4 fully saturated rings. The van der Waals surface area contributed by atoms with E-state index in [0.717, 1.165) is 12.8 Å². The van der Waals surface area contributed by atoms with Crippen molar-refractivity contribution in [1.82, 2.24) is 0 Å². The number of halogens is 9. The Balaban J connectivity index is 1.35. The average molecular weight is 553 g/mol.